The maximum atomic E-state index is 11.9. The molecule has 0 bridgehead atoms. The van der Waals surface area contributed by atoms with Crippen molar-refractivity contribution in [2.45, 2.75) is 13.8 Å². The Morgan fingerprint density at radius 2 is 1.06 bits per heavy atom. The minimum absolute atomic E-state index is 0.348. The zero-order chi connectivity index (χ0) is 22.8. The van der Waals surface area contributed by atoms with Gasteiger partial charge in [0.25, 0.3) is 0 Å². The number of benzene rings is 4. The molecule has 4 nitrogen and oxygen atoms in total. The number of carbonyl (C=O) groups is 2. The number of esters is 2. The highest BCUT2D eigenvalue weighted by molar-refractivity contribution is 6.10. The van der Waals surface area contributed by atoms with Crippen LogP contribution in [0.2, 0.25) is 0 Å². The van der Waals surface area contributed by atoms with Gasteiger partial charge in [-0.3, -0.25) is 9.59 Å². The van der Waals surface area contributed by atoms with E-state index in [0.717, 1.165) is 32.7 Å². The van der Waals surface area contributed by atoms with Gasteiger partial charge in [0.1, 0.15) is 11.5 Å². The summed E-state index contributed by atoms with van der Waals surface area (Å²) in [5.41, 5.74) is 2.69. The molecule has 0 aliphatic heterocycles. The SMILES string of the molecule is C#Cc1ccc2c(-c3c(OC(C)=O)ccc4cc(C#C)ccc34)c(OC(C)=O)ccc2c1. The molecule has 0 unspecified atom stereocenters. The molecule has 0 radical (unpaired) electrons. The Kier molecular flexibility index (Phi) is 5.37. The minimum atomic E-state index is -0.463. The van der Waals surface area contributed by atoms with Gasteiger partial charge in [-0.25, -0.2) is 0 Å². The minimum Gasteiger partial charge on any atom is -0.426 e. The first-order valence-corrected chi connectivity index (χ1v) is 9.85. The fourth-order valence-electron chi connectivity index (χ4n) is 3.79. The molecule has 0 aliphatic rings. The molecule has 4 aromatic rings. The summed E-state index contributed by atoms with van der Waals surface area (Å²) in [7, 11) is 0. The number of hydrogen-bond acceptors (Lipinski definition) is 4. The second kappa shape index (κ2) is 8.30. The summed E-state index contributed by atoms with van der Waals surface area (Å²) in [4.78, 5) is 23.8. The Bertz CT molecular complexity index is 1380. The quantitative estimate of drug-likeness (QED) is 0.251. The average Bonchev–Trinajstić information content (AvgIpc) is 2.78. The molecule has 0 saturated heterocycles. The normalized spacial score (nSPS) is 10.4. The zero-order valence-corrected chi connectivity index (χ0v) is 17.6. The largest absolute Gasteiger partial charge is 0.426 e. The van der Waals surface area contributed by atoms with Gasteiger partial charge in [-0.15, -0.1) is 12.8 Å². The molecular weight excluding hydrogens is 400 g/mol. The Morgan fingerprint density at radius 1 is 0.656 bits per heavy atom. The molecule has 0 N–H and O–H groups in total. The van der Waals surface area contributed by atoms with E-state index in [9.17, 15) is 9.59 Å². The Balaban J connectivity index is 2.17. The molecule has 4 aromatic carbocycles. The Morgan fingerprint density at radius 3 is 1.41 bits per heavy atom. The smallest absolute Gasteiger partial charge is 0.308 e. The van der Waals surface area contributed by atoms with Crippen molar-refractivity contribution in [1.29, 1.82) is 0 Å². The number of ether oxygens (including phenoxy) is 2. The third-order valence-corrected chi connectivity index (χ3v) is 5.05. The van der Waals surface area contributed by atoms with Gasteiger partial charge in [-0.05, 0) is 57.9 Å². The average molecular weight is 418 g/mol. The van der Waals surface area contributed by atoms with E-state index in [2.05, 4.69) is 11.8 Å². The van der Waals surface area contributed by atoms with Crippen molar-refractivity contribution in [3.05, 3.63) is 71.8 Å². The fraction of sp³-hybridized carbons (Fsp3) is 0.0714. The van der Waals surface area contributed by atoms with Gasteiger partial charge in [0.05, 0.1) is 0 Å². The molecule has 0 saturated carbocycles. The summed E-state index contributed by atoms with van der Waals surface area (Å²) in [5.74, 6) is 5.03. The highest BCUT2D eigenvalue weighted by Gasteiger charge is 2.21. The number of carbonyl (C=O) groups excluding carboxylic acids is 2. The van der Waals surface area contributed by atoms with E-state index >= 15 is 0 Å². The van der Waals surface area contributed by atoms with E-state index in [1.807, 2.05) is 48.5 Å². The summed E-state index contributed by atoms with van der Waals surface area (Å²) < 4.78 is 11.1. The second-order valence-corrected chi connectivity index (χ2v) is 7.23. The van der Waals surface area contributed by atoms with Crippen molar-refractivity contribution in [2.24, 2.45) is 0 Å². The second-order valence-electron chi connectivity index (χ2n) is 7.23. The first-order chi connectivity index (χ1) is 15.4. The number of terminal acetylenes is 2. The molecular formula is C28H18O4. The van der Waals surface area contributed by atoms with Gasteiger partial charge in [0.2, 0.25) is 0 Å². The van der Waals surface area contributed by atoms with Gasteiger partial charge in [0.15, 0.2) is 0 Å². The topological polar surface area (TPSA) is 52.6 Å². The lowest BCUT2D eigenvalue weighted by atomic mass is 9.91. The molecule has 0 aliphatic carbocycles. The van der Waals surface area contributed by atoms with Crippen molar-refractivity contribution in [3.8, 4) is 47.3 Å². The van der Waals surface area contributed by atoms with E-state index in [0.29, 0.717) is 22.6 Å². The zero-order valence-electron chi connectivity index (χ0n) is 17.6. The number of fused-ring (bicyclic) bond motifs is 2. The maximum absolute atomic E-state index is 11.9. The third-order valence-electron chi connectivity index (χ3n) is 5.05. The lowest BCUT2D eigenvalue weighted by Gasteiger charge is -2.18. The van der Waals surface area contributed by atoms with Crippen molar-refractivity contribution in [2.75, 3.05) is 0 Å². The molecule has 0 heterocycles. The monoisotopic (exact) mass is 418 g/mol. The van der Waals surface area contributed by atoms with E-state index < -0.39 is 11.9 Å². The van der Waals surface area contributed by atoms with E-state index in [1.165, 1.54) is 13.8 Å². The van der Waals surface area contributed by atoms with Crippen LogP contribution in [-0.4, -0.2) is 11.9 Å². The highest BCUT2D eigenvalue weighted by Crippen LogP contribution is 2.45. The van der Waals surface area contributed by atoms with E-state index in [4.69, 9.17) is 22.3 Å². The van der Waals surface area contributed by atoms with Crippen LogP contribution in [0.25, 0.3) is 32.7 Å². The molecule has 154 valence electrons. The lowest BCUT2D eigenvalue weighted by Crippen LogP contribution is -2.06. The van der Waals surface area contributed by atoms with Crippen LogP contribution in [0.5, 0.6) is 11.5 Å². The molecule has 0 aromatic heterocycles. The summed E-state index contributed by atoms with van der Waals surface area (Å²) in [6, 6.07) is 18.2. The first kappa shape index (κ1) is 20.7. The molecule has 4 heteroatoms. The van der Waals surface area contributed by atoms with Crippen molar-refractivity contribution in [1.82, 2.24) is 0 Å². The van der Waals surface area contributed by atoms with Gasteiger partial charge in [-0.1, -0.05) is 36.1 Å². The van der Waals surface area contributed by atoms with Crippen LogP contribution < -0.4 is 9.47 Å². The van der Waals surface area contributed by atoms with Gasteiger partial charge in [0, 0.05) is 36.1 Å². The fourth-order valence-corrected chi connectivity index (χ4v) is 3.79. The molecule has 0 atom stereocenters. The molecule has 0 amide bonds. The Labute approximate surface area is 185 Å². The van der Waals surface area contributed by atoms with Gasteiger partial charge < -0.3 is 9.47 Å². The van der Waals surface area contributed by atoms with Crippen molar-refractivity contribution in [3.63, 3.8) is 0 Å². The highest BCUT2D eigenvalue weighted by atomic mass is 16.5. The van der Waals surface area contributed by atoms with Crippen LogP contribution in [-0.2, 0) is 9.59 Å². The number of hydrogen-bond donors (Lipinski definition) is 0. The summed E-state index contributed by atoms with van der Waals surface area (Å²) in [6.07, 6.45) is 11.1. The van der Waals surface area contributed by atoms with Crippen molar-refractivity contribution < 1.29 is 19.1 Å². The van der Waals surface area contributed by atoms with Crippen molar-refractivity contribution >= 4 is 33.5 Å². The number of rotatable bonds is 3. The van der Waals surface area contributed by atoms with Crippen LogP contribution in [0.4, 0.5) is 0 Å². The third kappa shape index (κ3) is 3.78. The van der Waals surface area contributed by atoms with Gasteiger partial charge >= 0.3 is 11.9 Å². The van der Waals surface area contributed by atoms with Crippen LogP contribution in [0, 0.1) is 24.7 Å². The van der Waals surface area contributed by atoms with Gasteiger partial charge in [-0.2, -0.15) is 0 Å². The molecule has 32 heavy (non-hydrogen) atoms. The van der Waals surface area contributed by atoms with Crippen LogP contribution in [0.3, 0.4) is 0 Å². The van der Waals surface area contributed by atoms with Crippen LogP contribution >= 0.6 is 0 Å². The molecule has 0 fully saturated rings. The molecule has 4 rings (SSSR count). The van der Waals surface area contributed by atoms with Crippen LogP contribution in [0.15, 0.2) is 60.7 Å². The first-order valence-electron chi connectivity index (χ1n) is 9.85. The summed E-state index contributed by atoms with van der Waals surface area (Å²) in [6.45, 7) is 2.68. The maximum Gasteiger partial charge on any atom is 0.308 e. The predicted octanol–water partition coefficient (Wildman–Crippen LogP) is 5.47. The lowest BCUT2D eigenvalue weighted by molar-refractivity contribution is -0.132. The van der Waals surface area contributed by atoms with E-state index in [-0.39, 0.29) is 0 Å². The predicted molar refractivity (Wildman–Crippen MR) is 125 cm³/mol. The summed E-state index contributed by atoms with van der Waals surface area (Å²) >= 11 is 0. The van der Waals surface area contributed by atoms with Crippen LogP contribution in [0.1, 0.15) is 25.0 Å². The standard InChI is InChI=1S/C28H18O4/c1-5-19-7-11-23-21(15-19)9-13-25(31-17(3)29)27(23)28-24-12-8-20(6-2)16-22(24)10-14-26(28)32-18(4)30/h1-2,7-16H,3-4H3. The molecule has 0 spiro atoms. The Hall–Kier alpha value is -4.54. The summed E-state index contributed by atoms with van der Waals surface area (Å²) in [5, 5.41) is 3.31. The van der Waals surface area contributed by atoms with E-state index in [1.54, 1.807) is 12.1 Å².